The number of unbranched alkanes of at least 4 members (excludes halogenated alkanes) is 15. The molecule has 0 rings (SSSR count). The maximum absolute atomic E-state index is 12.4. The molecule has 0 unspecified atom stereocenters. The number of rotatable bonds is 35. The Labute approximate surface area is 302 Å². The highest BCUT2D eigenvalue weighted by atomic mass is 16.4. The molecular weight excluding hydrogens is 664 g/mol. The van der Waals surface area contributed by atoms with Crippen molar-refractivity contribution in [1.82, 2.24) is 21.3 Å². The zero-order valence-electron chi connectivity index (χ0n) is 30.6. The lowest BCUT2D eigenvalue weighted by molar-refractivity contribution is -0.143. The van der Waals surface area contributed by atoms with E-state index in [1.165, 1.54) is 44.9 Å². The summed E-state index contributed by atoms with van der Waals surface area (Å²) in [6.07, 6.45) is 17.1. The number of hydrogen-bond donors (Lipinski definition) is 8. The van der Waals surface area contributed by atoms with Gasteiger partial charge in [-0.1, -0.05) is 83.5 Å². The summed E-state index contributed by atoms with van der Waals surface area (Å²) in [4.78, 5) is 81.6. The van der Waals surface area contributed by atoms with E-state index in [2.05, 4.69) is 21.3 Å². The molecule has 0 heterocycles. The lowest BCUT2D eigenvalue weighted by Gasteiger charge is -2.17. The summed E-state index contributed by atoms with van der Waals surface area (Å²) >= 11 is 0. The number of carbonyl (C=O) groups is 7. The second-order valence-corrected chi connectivity index (χ2v) is 13.2. The minimum absolute atomic E-state index is 0.166. The first-order chi connectivity index (χ1) is 24.4. The molecule has 8 N–H and O–H groups in total. The number of carbonyl (C=O) groups excluding carboxylic acids is 3. The smallest absolute Gasteiger partial charge is 0.326 e. The Hall–Kier alpha value is -3.75. The average molecular weight is 729 g/mol. The Morgan fingerprint density at radius 2 is 0.784 bits per heavy atom. The van der Waals surface area contributed by atoms with Crippen LogP contribution < -0.4 is 21.3 Å². The monoisotopic (exact) mass is 728 g/mol. The van der Waals surface area contributed by atoms with Crippen molar-refractivity contribution < 1.29 is 54.0 Å². The molecule has 0 fully saturated rings. The van der Waals surface area contributed by atoms with E-state index in [-0.39, 0.29) is 38.5 Å². The predicted molar refractivity (Wildman–Crippen MR) is 191 cm³/mol. The van der Waals surface area contributed by atoms with Gasteiger partial charge in [0.25, 0.3) is 0 Å². The highest BCUT2D eigenvalue weighted by molar-refractivity contribution is 5.86. The first-order valence-electron chi connectivity index (χ1n) is 18.8. The van der Waals surface area contributed by atoms with Crippen LogP contribution in [0, 0.1) is 0 Å². The van der Waals surface area contributed by atoms with Crippen LogP contribution in [0.2, 0.25) is 0 Å². The van der Waals surface area contributed by atoms with Crippen LogP contribution in [0.3, 0.4) is 0 Å². The number of carboxylic acids is 4. The number of hydrogen-bond acceptors (Lipinski definition) is 8. The highest BCUT2D eigenvalue weighted by Gasteiger charge is 2.24. The Bertz CT molecular complexity index is 1040. The normalized spacial score (nSPS) is 12.7. The van der Waals surface area contributed by atoms with Crippen LogP contribution in [0.15, 0.2) is 0 Å². The van der Waals surface area contributed by atoms with Crippen molar-refractivity contribution in [2.45, 2.75) is 172 Å². The van der Waals surface area contributed by atoms with Gasteiger partial charge in [-0.3, -0.25) is 24.0 Å². The largest absolute Gasteiger partial charge is 0.481 e. The topological polar surface area (TPSA) is 249 Å². The summed E-state index contributed by atoms with van der Waals surface area (Å²) in [7, 11) is 1.55. The third-order valence-corrected chi connectivity index (χ3v) is 8.77. The van der Waals surface area contributed by atoms with Crippen molar-refractivity contribution in [2.24, 2.45) is 0 Å². The molecule has 0 aromatic heterocycles. The molecule has 0 aromatic carbocycles. The first-order valence-corrected chi connectivity index (χ1v) is 18.8. The lowest BCUT2D eigenvalue weighted by atomic mass is 10.0. The predicted octanol–water partition coefficient (Wildman–Crippen LogP) is 4.36. The second-order valence-electron chi connectivity index (χ2n) is 13.2. The molecule has 15 heteroatoms. The molecule has 0 saturated carbocycles. The average Bonchev–Trinajstić information content (AvgIpc) is 3.07. The maximum atomic E-state index is 12.4. The Morgan fingerprint density at radius 1 is 0.412 bits per heavy atom. The molecule has 0 saturated heterocycles. The summed E-state index contributed by atoms with van der Waals surface area (Å²) in [5, 5.41) is 46.7. The third kappa shape index (κ3) is 28.6. The summed E-state index contributed by atoms with van der Waals surface area (Å²) in [6.45, 7) is 0.297. The van der Waals surface area contributed by atoms with E-state index in [1.54, 1.807) is 7.05 Å². The van der Waals surface area contributed by atoms with Gasteiger partial charge in [-0.05, 0) is 52.0 Å². The van der Waals surface area contributed by atoms with Crippen molar-refractivity contribution in [3.63, 3.8) is 0 Å². The fourth-order valence-corrected chi connectivity index (χ4v) is 5.64. The molecule has 0 aliphatic carbocycles. The molecule has 0 bridgehead atoms. The Kier molecular flexibility index (Phi) is 28.7. The number of amides is 3. The van der Waals surface area contributed by atoms with Gasteiger partial charge in [0, 0.05) is 32.2 Å². The summed E-state index contributed by atoms with van der Waals surface area (Å²) < 4.78 is 0. The van der Waals surface area contributed by atoms with Gasteiger partial charge >= 0.3 is 23.9 Å². The first kappa shape index (κ1) is 47.2. The fourth-order valence-electron chi connectivity index (χ4n) is 5.64. The van der Waals surface area contributed by atoms with Crippen molar-refractivity contribution in [1.29, 1.82) is 0 Å². The van der Waals surface area contributed by atoms with Gasteiger partial charge < -0.3 is 41.7 Å². The molecule has 0 aliphatic heterocycles. The molecule has 294 valence electrons. The van der Waals surface area contributed by atoms with Gasteiger partial charge in [0.05, 0.1) is 0 Å². The van der Waals surface area contributed by atoms with E-state index >= 15 is 0 Å². The molecular formula is C36H64N4O11. The van der Waals surface area contributed by atoms with Crippen LogP contribution in [0.1, 0.15) is 154 Å². The van der Waals surface area contributed by atoms with E-state index in [0.29, 0.717) is 32.2 Å². The van der Waals surface area contributed by atoms with E-state index in [0.717, 1.165) is 44.9 Å². The SMILES string of the molecule is CN[C@@H](CCCCNC(=O)CC[C@H](NC(=O)CC[C@H](NC(=O)CCCCCCCCCCCCCCCCCC(=O)O)C(=O)O)C(=O)O)C(=O)O. The van der Waals surface area contributed by atoms with Crippen molar-refractivity contribution in [2.75, 3.05) is 13.6 Å². The molecule has 3 amide bonds. The van der Waals surface area contributed by atoms with E-state index < -0.39 is 59.7 Å². The van der Waals surface area contributed by atoms with Crippen LogP contribution in [0.5, 0.6) is 0 Å². The second kappa shape index (κ2) is 31.0. The highest BCUT2D eigenvalue weighted by Crippen LogP contribution is 2.14. The molecule has 0 aromatic rings. The molecule has 0 radical (unpaired) electrons. The van der Waals surface area contributed by atoms with Crippen molar-refractivity contribution in [3.8, 4) is 0 Å². The number of nitrogens with one attached hydrogen (secondary N) is 4. The molecule has 0 aliphatic rings. The van der Waals surface area contributed by atoms with Gasteiger partial charge in [0.15, 0.2) is 0 Å². The van der Waals surface area contributed by atoms with E-state index in [9.17, 15) is 43.8 Å². The third-order valence-electron chi connectivity index (χ3n) is 8.77. The minimum Gasteiger partial charge on any atom is -0.481 e. The summed E-state index contributed by atoms with van der Waals surface area (Å²) in [5.41, 5.74) is 0. The van der Waals surface area contributed by atoms with E-state index in [1.807, 2.05) is 0 Å². The van der Waals surface area contributed by atoms with Crippen molar-refractivity contribution >= 4 is 41.6 Å². The fraction of sp³-hybridized carbons (Fsp3) is 0.806. The van der Waals surface area contributed by atoms with Crippen LogP contribution in [-0.4, -0.2) is 93.7 Å². The molecule has 51 heavy (non-hydrogen) atoms. The van der Waals surface area contributed by atoms with Crippen LogP contribution in [0.25, 0.3) is 0 Å². The number of likely N-dealkylation sites (N-methyl/N-ethyl adjacent to an activating group) is 1. The zero-order valence-corrected chi connectivity index (χ0v) is 30.6. The Morgan fingerprint density at radius 3 is 1.18 bits per heavy atom. The van der Waals surface area contributed by atoms with Gasteiger partial charge in [-0.15, -0.1) is 0 Å². The standard InChI is InChI=1S/C36H64N4O11/c1-37-27(34(46)47)19-17-18-26-38-30(41)24-22-28(35(48)49)40-32(43)25-23-29(36(50)51)39-31(42)20-15-13-11-9-7-5-3-2-4-6-8-10-12-14-16-21-33(44)45/h27-29,37H,2-26H2,1H3,(H,38,41)(H,39,42)(H,40,43)(H,44,45)(H,46,47)(H,48,49)(H,50,51)/t27-,28-,29-/m0/s1. The van der Waals surface area contributed by atoms with Gasteiger partial charge in [-0.2, -0.15) is 0 Å². The molecule has 0 spiro atoms. The molecule has 15 nitrogen and oxygen atoms in total. The van der Waals surface area contributed by atoms with Gasteiger partial charge in [-0.25, -0.2) is 9.59 Å². The quantitative estimate of drug-likeness (QED) is 0.0424. The summed E-state index contributed by atoms with van der Waals surface area (Å²) in [6, 6.07) is -3.31. The lowest BCUT2D eigenvalue weighted by Crippen LogP contribution is -2.44. The summed E-state index contributed by atoms with van der Waals surface area (Å²) in [5.74, 6) is -5.83. The number of aliphatic carboxylic acids is 4. The van der Waals surface area contributed by atoms with Crippen LogP contribution in [0.4, 0.5) is 0 Å². The maximum Gasteiger partial charge on any atom is 0.326 e. The zero-order chi connectivity index (χ0) is 38.3. The number of carboxylic acid groups (broad SMARTS) is 4. The van der Waals surface area contributed by atoms with E-state index in [4.69, 9.17) is 10.2 Å². The Balaban J connectivity index is 4.07. The van der Waals surface area contributed by atoms with Crippen LogP contribution in [-0.2, 0) is 33.6 Å². The van der Waals surface area contributed by atoms with Gasteiger partial charge in [0.2, 0.25) is 17.7 Å². The van der Waals surface area contributed by atoms with Gasteiger partial charge in [0.1, 0.15) is 18.1 Å². The minimum atomic E-state index is -1.35. The van der Waals surface area contributed by atoms with Crippen LogP contribution >= 0.6 is 0 Å². The van der Waals surface area contributed by atoms with Crippen molar-refractivity contribution in [3.05, 3.63) is 0 Å². The molecule has 3 atom stereocenters.